The van der Waals surface area contributed by atoms with Gasteiger partial charge in [-0.1, -0.05) is 0 Å². The van der Waals surface area contributed by atoms with Crippen molar-refractivity contribution in [2.24, 2.45) is 7.05 Å². The van der Waals surface area contributed by atoms with Crippen molar-refractivity contribution in [2.75, 3.05) is 43.1 Å². The van der Waals surface area contributed by atoms with Crippen LogP contribution in [0.2, 0.25) is 0 Å². The Kier molecular flexibility index (Phi) is 7.68. The molecule has 1 N–H and O–H groups in total. The molecule has 2 aliphatic heterocycles. The molecule has 0 saturated carbocycles. The molecular formula is C36H38N8O4. The lowest BCUT2D eigenvalue weighted by atomic mass is 9.98. The Morgan fingerprint density at radius 2 is 1.85 bits per heavy atom. The van der Waals surface area contributed by atoms with Gasteiger partial charge in [-0.2, -0.15) is 0 Å². The van der Waals surface area contributed by atoms with Gasteiger partial charge in [-0.15, -0.1) is 0 Å². The van der Waals surface area contributed by atoms with Crippen LogP contribution in [-0.4, -0.2) is 79.6 Å². The van der Waals surface area contributed by atoms with E-state index in [2.05, 4.69) is 32.0 Å². The maximum absolute atomic E-state index is 13.7. The van der Waals surface area contributed by atoms with Crippen molar-refractivity contribution in [1.82, 2.24) is 28.4 Å². The molecule has 2 fully saturated rings. The predicted octanol–water partition coefficient (Wildman–Crippen LogP) is 3.59. The zero-order chi connectivity index (χ0) is 32.9. The highest BCUT2D eigenvalue weighted by atomic mass is 16.5. The number of nitrogens with zero attached hydrogens (tertiary/aromatic N) is 7. The zero-order valence-electron chi connectivity index (χ0n) is 27.1. The van der Waals surface area contributed by atoms with Gasteiger partial charge in [0.15, 0.2) is 12.1 Å². The molecule has 0 amide bonds. The third-order valence-electron chi connectivity index (χ3n) is 10.1. The van der Waals surface area contributed by atoms with Crippen molar-refractivity contribution < 1.29 is 9.53 Å². The molecule has 3 aliphatic rings. The van der Waals surface area contributed by atoms with Crippen molar-refractivity contribution >= 4 is 29.0 Å². The lowest BCUT2D eigenvalue weighted by Crippen LogP contribution is -2.60. The zero-order valence-corrected chi connectivity index (χ0v) is 27.1. The van der Waals surface area contributed by atoms with E-state index in [4.69, 9.17) is 4.74 Å². The number of fused-ring (bicyclic) bond motifs is 3. The quantitative estimate of drug-likeness (QED) is 0.265. The van der Waals surface area contributed by atoms with Crippen LogP contribution in [0.5, 0.6) is 0 Å². The number of piperazine rings is 1. The number of carbonyl (C=O) groups excluding carboxylic acids is 1. The number of carbonyl (C=O) groups is 1. The van der Waals surface area contributed by atoms with Gasteiger partial charge in [-0.3, -0.25) is 23.9 Å². The molecule has 12 nitrogen and oxygen atoms in total. The summed E-state index contributed by atoms with van der Waals surface area (Å²) in [5.41, 5.74) is 5.26. The third kappa shape index (κ3) is 5.21. The normalized spacial score (nSPS) is 18.5. The highest BCUT2D eigenvalue weighted by Gasteiger charge is 2.33. The van der Waals surface area contributed by atoms with Crippen LogP contribution in [-0.2, 0) is 24.6 Å². The SMILES string of the molecule is CC1CN(c2ccc(Nc3cc(-c4ccnc(-n5ccn6c7c(cc6c5=O)CCCC7)c4C=O)cn(C)c3=O)nc2)CCN1C1COC1. The molecule has 12 heteroatoms. The molecule has 8 rings (SSSR count). The number of rotatable bonds is 7. The molecule has 1 unspecified atom stereocenters. The molecule has 48 heavy (non-hydrogen) atoms. The van der Waals surface area contributed by atoms with Crippen LogP contribution >= 0.6 is 0 Å². The Hall–Kier alpha value is -5.07. The molecule has 1 aliphatic carbocycles. The van der Waals surface area contributed by atoms with Crippen molar-refractivity contribution in [2.45, 2.75) is 44.7 Å². The summed E-state index contributed by atoms with van der Waals surface area (Å²) < 4.78 is 10.3. The van der Waals surface area contributed by atoms with E-state index in [-0.39, 0.29) is 22.5 Å². The van der Waals surface area contributed by atoms with Crippen molar-refractivity contribution in [1.29, 1.82) is 0 Å². The Morgan fingerprint density at radius 3 is 2.60 bits per heavy atom. The fourth-order valence-corrected chi connectivity index (χ4v) is 7.47. The smallest absolute Gasteiger partial charge is 0.280 e. The molecule has 246 valence electrons. The first-order valence-corrected chi connectivity index (χ1v) is 16.6. The summed E-state index contributed by atoms with van der Waals surface area (Å²) in [5, 5.41) is 3.19. The number of nitrogens with one attached hydrogen (secondary N) is 1. The summed E-state index contributed by atoms with van der Waals surface area (Å²) in [6.45, 7) is 6.70. The monoisotopic (exact) mass is 646 g/mol. The van der Waals surface area contributed by atoms with Crippen LogP contribution in [0, 0.1) is 0 Å². The van der Waals surface area contributed by atoms with Crippen molar-refractivity contribution in [3.05, 3.63) is 98.8 Å². The fourth-order valence-electron chi connectivity index (χ4n) is 7.47. The second-order valence-corrected chi connectivity index (χ2v) is 13.1. The number of ether oxygens (including phenoxy) is 1. The highest BCUT2D eigenvalue weighted by Crippen LogP contribution is 2.29. The van der Waals surface area contributed by atoms with Crippen LogP contribution in [0.4, 0.5) is 17.2 Å². The summed E-state index contributed by atoms with van der Waals surface area (Å²) in [6, 6.07) is 10.2. The first-order valence-electron chi connectivity index (χ1n) is 16.6. The number of hydrogen-bond acceptors (Lipinski definition) is 9. The second-order valence-electron chi connectivity index (χ2n) is 13.1. The van der Waals surface area contributed by atoms with Crippen LogP contribution < -0.4 is 21.3 Å². The molecular weight excluding hydrogens is 608 g/mol. The summed E-state index contributed by atoms with van der Waals surface area (Å²) >= 11 is 0. The molecule has 5 aromatic rings. The molecule has 0 bridgehead atoms. The molecule has 0 radical (unpaired) electrons. The standard InChI is InChI=1S/C36H38N8O4/c1-23-18-41(11-12-42(23)27-21-48-22-27)26-7-8-33(38-17-26)39-30-15-25(19-40(2)35(30)46)28-9-10-37-34(29(28)20-45)44-14-13-43-31-6-4-3-5-24(31)16-32(43)36(44)47/h7-10,13-17,19-20,23,27H,3-6,11-12,18,21-22H2,1-2H3,(H,38,39). The Balaban J connectivity index is 1.08. The number of aldehydes is 1. The van der Waals surface area contributed by atoms with Crippen molar-refractivity contribution in [3.8, 4) is 16.9 Å². The van der Waals surface area contributed by atoms with Crippen LogP contribution in [0.25, 0.3) is 22.5 Å². The predicted molar refractivity (Wildman–Crippen MR) is 184 cm³/mol. The molecule has 2 saturated heterocycles. The first-order chi connectivity index (χ1) is 23.4. The van der Waals surface area contributed by atoms with E-state index in [1.807, 2.05) is 35.0 Å². The third-order valence-corrected chi connectivity index (χ3v) is 10.1. The van der Waals surface area contributed by atoms with Gasteiger partial charge in [0, 0.05) is 68.8 Å². The van der Waals surface area contributed by atoms with Crippen LogP contribution in [0.1, 0.15) is 41.4 Å². The van der Waals surface area contributed by atoms with Gasteiger partial charge in [0.05, 0.1) is 36.7 Å². The lowest BCUT2D eigenvalue weighted by Gasteiger charge is -2.47. The van der Waals surface area contributed by atoms with Gasteiger partial charge in [-0.25, -0.2) is 9.97 Å². The molecule has 1 atom stereocenters. The molecule has 5 aromatic heterocycles. The topological polar surface area (TPSA) is 119 Å². The number of anilines is 3. The fraction of sp³-hybridized carbons (Fsp3) is 0.361. The minimum Gasteiger partial charge on any atom is -0.378 e. The van der Waals surface area contributed by atoms with E-state index in [9.17, 15) is 14.4 Å². The maximum Gasteiger partial charge on any atom is 0.280 e. The number of hydrogen-bond donors (Lipinski definition) is 1. The minimum atomic E-state index is -0.240. The summed E-state index contributed by atoms with van der Waals surface area (Å²) in [6.07, 6.45) is 13.5. The van der Waals surface area contributed by atoms with E-state index in [1.54, 1.807) is 37.8 Å². The number of aryl methyl sites for hydroxylation is 3. The Bertz CT molecular complexity index is 2150. The number of aromatic nitrogens is 5. The largest absolute Gasteiger partial charge is 0.378 e. The van der Waals surface area contributed by atoms with Gasteiger partial charge < -0.3 is 23.9 Å². The van der Waals surface area contributed by atoms with Gasteiger partial charge in [0.1, 0.15) is 17.0 Å². The van der Waals surface area contributed by atoms with Crippen LogP contribution in [0.15, 0.2) is 70.9 Å². The van der Waals surface area contributed by atoms with Gasteiger partial charge >= 0.3 is 0 Å². The van der Waals surface area contributed by atoms with E-state index < -0.39 is 0 Å². The van der Waals surface area contributed by atoms with E-state index in [1.165, 1.54) is 20.4 Å². The van der Waals surface area contributed by atoms with Crippen LogP contribution in [0.3, 0.4) is 0 Å². The highest BCUT2D eigenvalue weighted by molar-refractivity contribution is 5.91. The summed E-state index contributed by atoms with van der Waals surface area (Å²) in [4.78, 5) is 53.6. The molecule has 0 spiro atoms. The Morgan fingerprint density at radius 1 is 1.00 bits per heavy atom. The average molecular weight is 647 g/mol. The second kappa shape index (κ2) is 12.2. The number of pyridine rings is 3. The molecule has 7 heterocycles. The average Bonchev–Trinajstić information content (AvgIpc) is 3.47. The Labute approximate surface area is 277 Å². The van der Waals surface area contributed by atoms with Crippen molar-refractivity contribution in [3.63, 3.8) is 0 Å². The van der Waals surface area contributed by atoms with Gasteiger partial charge in [0.25, 0.3) is 11.1 Å². The first kappa shape index (κ1) is 30.3. The van der Waals surface area contributed by atoms with Gasteiger partial charge in [0.2, 0.25) is 0 Å². The summed E-state index contributed by atoms with van der Waals surface area (Å²) in [7, 11) is 1.67. The summed E-state index contributed by atoms with van der Waals surface area (Å²) in [5.74, 6) is 0.776. The van der Waals surface area contributed by atoms with E-state index in [0.29, 0.717) is 40.2 Å². The van der Waals surface area contributed by atoms with E-state index in [0.717, 1.165) is 70.5 Å². The lowest BCUT2D eigenvalue weighted by molar-refractivity contribution is -0.0792. The minimum absolute atomic E-state index is 0.235. The van der Waals surface area contributed by atoms with E-state index >= 15 is 0 Å². The maximum atomic E-state index is 13.7. The van der Waals surface area contributed by atoms with Gasteiger partial charge in [-0.05, 0) is 74.1 Å². The molecule has 0 aromatic carbocycles.